The van der Waals surface area contributed by atoms with Crippen LogP contribution in [0.1, 0.15) is 42.3 Å². The lowest BCUT2D eigenvalue weighted by Crippen LogP contribution is -2.70. The summed E-state index contributed by atoms with van der Waals surface area (Å²) in [7, 11) is 0. The number of amides is 1. The van der Waals surface area contributed by atoms with Crippen LogP contribution in [0.3, 0.4) is 0 Å². The molecule has 190 valence electrons. The smallest absolute Gasteiger partial charge is 0.252 e. The Morgan fingerprint density at radius 2 is 2.05 bits per heavy atom. The first kappa shape index (κ1) is 24.9. The van der Waals surface area contributed by atoms with Gasteiger partial charge in [0.2, 0.25) is 5.79 Å². The third-order valence-corrected chi connectivity index (χ3v) is 7.69. The van der Waals surface area contributed by atoms with Crippen molar-refractivity contribution in [3.05, 3.63) is 95.7 Å². The molecule has 2 aliphatic rings. The zero-order valence-corrected chi connectivity index (χ0v) is 21.2. The summed E-state index contributed by atoms with van der Waals surface area (Å²) in [6.45, 7) is 9.94. The fourth-order valence-electron chi connectivity index (χ4n) is 5.51. The summed E-state index contributed by atoms with van der Waals surface area (Å²) in [5.74, 6) is -3.46. The summed E-state index contributed by atoms with van der Waals surface area (Å²) >= 11 is 0. The van der Waals surface area contributed by atoms with Crippen molar-refractivity contribution in [3.8, 4) is 0 Å². The van der Waals surface area contributed by atoms with Crippen LogP contribution in [-0.2, 0) is 21.7 Å². The number of pyridine rings is 1. The van der Waals surface area contributed by atoms with E-state index < -0.39 is 29.3 Å². The third kappa shape index (κ3) is 3.77. The highest BCUT2D eigenvalue weighted by molar-refractivity contribution is 6.04. The molecule has 4 atom stereocenters. The van der Waals surface area contributed by atoms with Gasteiger partial charge in [0.1, 0.15) is 0 Å². The van der Waals surface area contributed by atoms with E-state index in [1.807, 2.05) is 32.1 Å². The van der Waals surface area contributed by atoms with E-state index in [0.29, 0.717) is 22.4 Å². The molecule has 1 amide bonds. The number of nitrogens with one attached hydrogen (secondary N) is 1. The van der Waals surface area contributed by atoms with Gasteiger partial charge in [0.25, 0.3) is 5.91 Å². The number of carbonyl (C=O) groups excluding carboxylic acids is 2. The van der Waals surface area contributed by atoms with E-state index in [-0.39, 0.29) is 18.1 Å². The van der Waals surface area contributed by atoms with Gasteiger partial charge in [-0.2, -0.15) is 0 Å². The van der Waals surface area contributed by atoms with Crippen molar-refractivity contribution in [2.24, 2.45) is 11.8 Å². The van der Waals surface area contributed by atoms with Gasteiger partial charge in [-0.3, -0.25) is 14.6 Å². The summed E-state index contributed by atoms with van der Waals surface area (Å²) in [5, 5.41) is 16.0. The summed E-state index contributed by atoms with van der Waals surface area (Å²) in [6, 6.07) is 13.9. The number of nitrogens with two attached hydrogens (primary N) is 1. The molecule has 4 N–H and O–H groups in total. The van der Waals surface area contributed by atoms with E-state index in [4.69, 9.17) is 10.5 Å². The number of benzene rings is 2. The number of aliphatic hydroxyl groups is 1. The zero-order chi connectivity index (χ0) is 26.5. The molecule has 5 rings (SSSR count). The number of allylic oxidation sites excluding steroid dienone is 2. The summed E-state index contributed by atoms with van der Waals surface area (Å²) < 4.78 is 6.19. The SMILES string of the molecule is C=C(/C=C\C1[C@H](C)OC2(O)c3cccc(N)c3CC(=O)C12NC(=O)c1ccc2ncccc2c1)C(C)C. The van der Waals surface area contributed by atoms with E-state index in [1.165, 1.54) is 0 Å². The number of aromatic nitrogens is 1. The van der Waals surface area contributed by atoms with Gasteiger partial charge in [-0.25, -0.2) is 0 Å². The lowest BCUT2D eigenvalue weighted by atomic mass is 9.65. The summed E-state index contributed by atoms with van der Waals surface area (Å²) in [4.78, 5) is 32.1. The lowest BCUT2D eigenvalue weighted by molar-refractivity contribution is -0.230. The largest absolute Gasteiger partial charge is 0.398 e. The van der Waals surface area contributed by atoms with Gasteiger partial charge in [-0.15, -0.1) is 0 Å². The van der Waals surface area contributed by atoms with Gasteiger partial charge in [0.05, 0.1) is 11.6 Å². The van der Waals surface area contributed by atoms with Crippen molar-refractivity contribution in [2.75, 3.05) is 5.73 Å². The number of rotatable bonds is 5. The van der Waals surface area contributed by atoms with Crippen LogP contribution in [0.2, 0.25) is 0 Å². The molecule has 0 spiro atoms. The molecule has 0 radical (unpaired) electrons. The zero-order valence-electron chi connectivity index (χ0n) is 21.2. The predicted octanol–water partition coefficient (Wildman–Crippen LogP) is 4.06. The Balaban J connectivity index is 1.66. The molecule has 0 bridgehead atoms. The molecule has 0 saturated carbocycles. The van der Waals surface area contributed by atoms with E-state index in [9.17, 15) is 14.7 Å². The minimum Gasteiger partial charge on any atom is -0.398 e. The van der Waals surface area contributed by atoms with Crippen molar-refractivity contribution in [3.63, 3.8) is 0 Å². The second-order valence-corrected chi connectivity index (χ2v) is 10.2. The maximum absolute atomic E-state index is 14.1. The number of anilines is 1. The monoisotopic (exact) mass is 497 g/mol. The molecular weight excluding hydrogens is 466 g/mol. The van der Waals surface area contributed by atoms with Gasteiger partial charge in [0.15, 0.2) is 11.3 Å². The van der Waals surface area contributed by atoms with Crippen LogP contribution in [0.4, 0.5) is 5.69 Å². The van der Waals surface area contributed by atoms with Crippen LogP contribution in [0, 0.1) is 11.8 Å². The molecule has 2 heterocycles. The standard InChI is InChI=1S/C30H31N3O4/c1-17(2)18(3)10-12-23-19(4)37-30(36)24-8-5-9-25(31)22(24)16-27(34)29(23,30)33-28(35)21-11-13-26-20(15-21)7-6-14-32-26/h5-15,17,19,23,36H,3,16,31H2,1-2,4H3,(H,33,35)/b12-10-/t19-,23?,29?,30?/m0/s1. The van der Waals surface area contributed by atoms with Gasteiger partial charge in [-0.05, 0) is 48.7 Å². The molecule has 1 aromatic heterocycles. The molecule has 1 aliphatic carbocycles. The van der Waals surface area contributed by atoms with E-state index >= 15 is 0 Å². The van der Waals surface area contributed by atoms with Crippen molar-refractivity contribution in [2.45, 2.75) is 44.6 Å². The number of nitrogens with zero attached hydrogens (tertiary/aromatic N) is 1. The van der Waals surface area contributed by atoms with Crippen LogP contribution in [0.5, 0.6) is 0 Å². The number of ketones is 1. The van der Waals surface area contributed by atoms with Gasteiger partial charge in [0, 0.05) is 40.7 Å². The molecule has 2 aromatic carbocycles. The highest BCUT2D eigenvalue weighted by Gasteiger charge is 2.71. The van der Waals surface area contributed by atoms with Crippen LogP contribution in [0.15, 0.2) is 79.0 Å². The Labute approximate surface area is 216 Å². The van der Waals surface area contributed by atoms with Gasteiger partial charge >= 0.3 is 0 Å². The maximum Gasteiger partial charge on any atom is 0.252 e. The average Bonchev–Trinajstić information content (AvgIpc) is 3.10. The second kappa shape index (κ2) is 8.94. The van der Waals surface area contributed by atoms with E-state index in [0.717, 1.165) is 16.5 Å². The number of fused-ring (bicyclic) bond motifs is 4. The third-order valence-electron chi connectivity index (χ3n) is 7.69. The quantitative estimate of drug-likeness (QED) is 0.362. The number of hydrogen-bond acceptors (Lipinski definition) is 6. The molecular formula is C30H31N3O4. The fourth-order valence-corrected chi connectivity index (χ4v) is 5.51. The minimum atomic E-state index is -2.12. The number of ether oxygens (including phenoxy) is 1. The molecule has 3 unspecified atom stereocenters. The number of nitrogen functional groups attached to an aromatic ring is 1. The molecule has 7 heteroatoms. The highest BCUT2D eigenvalue weighted by atomic mass is 16.6. The number of hydrogen-bond donors (Lipinski definition) is 3. The first-order valence-electron chi connectivity index (χ1n) is 12.4. The van der Waals surface area contributed by atoms with E-state index in [2.05, 4.69) is 16.9 Å². The van der Waals surface area contributed by atoms with Crippen LogP contribution >= 0.6 is 0 Å². The number of Topliss-reactive ketones (excluding diaryl/α,β-unsaturated/α-hetero) is 1. The topological polar surface area (TPSA) is 115 Å². The van der Waals surface area contributed by atoms with Gasteiger partial charge < -0.3 is 20.9 Å². The predicted molar refractivity (Wildman–Crippen MR) is 143 cm³/mol. The normalized spacial score (nSPS) is 26.9. The van der Waals surface area contributed by atoms with Crippen LogP contribution in [-0.4, -0.2) is 33.4 Å². The molecule has 1 aliphatic heterocycles. The molecule has 3 aromatic rings. The second-order valence-electron chi connectivity index (χ2n) is 10.2. The molecule has 37 heavy (non-hydrogen) atoms. The Morgan fingerprint density at radius 3 is 2.81 bits per heavy atom. The maximum atomic E-state index is 14.1. The van der Waals surface area contributed by atoms with Gasteiger partial charge in [-0.1, -0.05) is 56.4 Å². The van der Waals surface area contributed by atoms with Crippen LogP contribution in [0.25, 0.3) is 10.9 Å². The Bertz CT molecular complexity index is 1460. The Morgan fingerprint density at radius 1 is 1.27 bits per heavy atom. The highest BCUT2D eigenvalue weighted by Crippen LogP contribution is 2.54. The Kier molecular flexibility index (Phi) is 6.01. The van der Waals surface area contributed by atoms with Crippen molar-refractivity contribution >= 4 is 28.3 Å². The van der Waals surface area contributed by atoms with Crippen molar-refractivity contribution in [1.82, 2.24) is 10.3 Å². The average molecular weight is 498 g/mol. The molecule has 1 saturated heterocycles. The summed E-state index contributed by atoms with van der Waals surface area (Å²) in [6.07, 6.45) is 4.71. The summed E-state index contributed by atoms with van der Waals surface area (Å²) in [5.41, 5.74) is 7.67. The fraction of sp³-hybridized carbons (Fsp3) is 0.300. The number of carbonyl (C=O) groups is 2. The molecule has 1 fully saturated rings. The lowest BCUT2D eigenvalue weighted by Gasteiger charge is -2.46. The first-order chi connectivity index (χ1) is 17.6. The van der Waals surface area contributed by atoms with Crippen molar-refractivity contribution < 1.29 is 19.4 Å². The first-order valence-corrected chi connectivity index (χ1v) is 12.4. The van der Waals surface area contributed by atoms with Crippen LogP contribution < -0.4 is 11.1 Å². The Hall–Kier alpha value is -3.81. The van der Waals surface area contributed by atoms with E-state index in [1.54, 1.807) is 55.6 Å². The molecule has 7 nitrogen and oxygen atoms in total. The minimum absolute atomic E-state index is 0.0439. The van der Waals surface area contributed by atoms with Crippen molar-refractivity contribution in [1.29, 1.82) is 0 Å².